The Morgan fingerprint density at radius 3 is 2.10 bits per heavy atom. The Morgan fingerprint density at radius 1 is 1.05 bits per heavy atom. The smallest absolute Gasteiger partial charge is 0.153 e. The minimum absolute atomic E-state index is 0.0432. The van der Waals surface area contributed by atoms with E-state index in [9.17, 15) is 14.4 Å². The van der Waals surface area contributed by atoms with Gasteiger partial charge in [-0.15, -0.1) is 0 Å². The summed E-state index contributed by atoms with van der Waals surface area (Å²) in [6, 6.07) is -0.179. The van der Waals surface area contributed by atoms with Gasteiger partial charge in [0.2, 0.25) is 0 Å². The minimum Gasteiger partial charge on any atom is -0.299 e. The zero-order valence-electron chi connectivity index (χ0n) is 12.4. The molecule has 1 atom stereocenters. The average molecular weight is 277 g/mol. The summed E-state index contributed by atoms with van der Waals surface area (Å²) < 4.78 is 0. The largest absolute Gasteiger partial charge is 0.299 e. The quantitative estimate of drug-likeness (QED) is 0.720. The molecular formula is C16H23NO3. The summed E-state index contributed by atoms with van der Waals surface area (Å²) >= 11 is 0. The maximum atomic E-state index is 12.3. The molecule has 110 valence electrons. The first-order valence-corrected chi connectivity index (χ1v) is 7.70. The molecule has 4 fully saturated rings. The SMILES string of the molecule is CC1(C)CC(=O)C(CC2C(=O)C3CCN2CC3)C(=O)C1. The van der Waals surface area contributed by atoms with E-state index < -0.39 is 5.92 Å². The van der Waals surface area contributed by atoms with Crippen LogP contribution in [0.3, 0.4) is 0 Å². The first-order chi connectivity index (χ1) is 9.37. The lowest BCUT2D eigenvalue weighted by Crippen LogP contribution is -2.57. The van der Waals surface area contributed by atoms with Gasteiger partial charge in [0.25, 0.3) is 0 Å². The van der Waals surface area contributed by atoms with Crippen LogP contribution in [-0.2, 0) is 14.4 Å². The molecule has 3 saturated heterocycles. The van der Waals surface area contributed by atoms with Gasteiger partial charge in [-0.1, -0.05) is 13.8 Å². The van der Waals surface area contributed by atoms with E-state index in [1.807, 2.05) is 13.8 Å². The van der Waals surface area contributed by atoms with Crippen LogP contribution >= 0.6 is 0 Å². The van der Waals surface area contributed by atoms with Crippen molar-refractivity contribution < 1.29 is 14.4 Å². The maximum absolute atomic E-state index is 12.3. The van der Waals surface area contributed by atoms with Gasteiger partial charge in [0.15, 0.2) is 5.78 Å². The van der Waals surface area contributed by atoms with Crippen molar-refractivity contribution in [2.45, 2.75) is 52.0 Å². The number of Topliss-reactive ketones (excluding diaryl/α,β-unsaturated/α-hetero) is 3. The fourth-order valence-electron chi connectivity index (χ4n) is 4.13. The zero-order valence-corrected chi connectivity index (χ0v) is 12.4. The van der Waals surface area contributed by atoms with Gasteiger partial charge in [-0.25, -0.2) is 0 Å². The van der Waals surface area contributed by atoms with Crippen molar-refractivity contribution in [2.24, 2.45) is 17.3 Å². The number of hydrogen-bond acceptors (Lipinski definition) is 4. The van der Waals surface area contributed by atoms with Gasteiger partial charge in [-0.05, 0) is 37.8 Å². The molecule has 2 bridgehead atoms. The Bertz CT molecular complexity index is 440. The molecule has 1 aliphatic carbocycles. The predicted molar refractivity (Wildman–Crippen MR) is 74.2 cm³/mol. The van der Waals surface area contributed by atoms with Crippen molar-refractivity contribution in [1.29, 1.82) is 0 Å². The highest BCUT2D eigenvalue weighted by Crippen LogP contribution is 2.38. The van der Waals surface area contributed by atoms with Crippen molar-refractivity contribution in [3.8, 4) is 0 Å². The molecule has 0 spiro atoms. The Balaban J connectivity index is 1.73. The lowest BCUT2D eigenvalue weighted by Gasteiger charge is -2.45. The third-order valence-electron chi connectivity index (χ3n) is 5.24. The second-order valence-electron chi connectivity index (χ2n) is 7.47. The standard InChI is InChI=1S/C16H23NO3/c1-16(2)8-13(18)11(14(19)9-16)7-12-15(20)10-3-5-17(12)6-4-10/h10-12H,3-9H2,1-2H3. The highest BCUT2D eigenvalue weighted by atomic mass is 16.2. The van der Waals surface area contributed by atoms with E-state index in [4.69, 9.17) is 0 Å². The highest BCUT2D eigenvalue weighted by Gasteiger charge is 2.46. The molecule has 4 rings (SSSR count). The van der Waals surface area contributed by atoms with Crippen molar-refractivity contribution in [2.75, 3.05) is 13.1 Å². The van der Waals surface area contributed by atoms with Crippen LogP contribution in [0, 0.1) is 17.3 Å². The number of carbonyl (C=O) groups is 3. The van der Waals surface area contributed by atoms with E-state index in [0.29, 0.717) is 19.3 Å². The summed E-state index contributed by atoms with van der Waals surface area (Å²) in [7, 11) is 0. The van der Waals surface area contributed by atoms with Gasteiger partial charge >= 0.3 is 0 Å². The van der Waals surface area contributed by atoms with Crippen LogP contribution < -0.4 is 0 Å². The molecule has 3 heterocycles. The molecule has 4 aliphatic rings. The molecule has 0 aromatic rings. The van der Waals surface area contributed by atoms with Crippen LogP contribution in [0.5, 0.6) is 0 Å². The monoisotopic (exact) mass is 277 g/mol. The molecule has 4 heteroatoms. The number of rotatable bonds is 2. The number of carbonyl (C=O) groups excluding carboxylic acids is 3. The fraction of sp³-hybridized carbons (Fsp3) is 0.812. The number of ketones is 3. The highest BCUT2D eigenvalue weighted by molar-refractivity contribution is 6.05. The van der Waals surface area contributed by atoms with Crippen LogP contribution in [-0.4, -0.2) is 41.4 Å². The summed E-state index contributed by atoms with van der Waals surface area (Å²) in [6.07, 6.45) is 3.27. The second kappa shape index (κ2) is 4.76. The van der Waals surface area contributed by atoms with Crippen LogP contribution in [0.25, 0.3) is 0 Å². The Kier molecular flexibility index (Phi) is 3.32. The van der Waals surface area contributed by atoms with Gasteiger partial charge in [-0.2, -0.15) is 0 Å². The van der Waals surface area contributed by atoms with Gasteiger partial charge in [0, 0.05) is 18.8 Å². The first kappa shape index (κ1) is 13.9. The molecule has 0 N–H and O–H groups in total. The van der Waals surface area contributed by atoms with Crippen molar-refractivity contribution in [1.82, 2.24) is 4.90 Å². The number of hydrogen-bond donors (Lipinski definition) is 0. The normalized spacial score (nSPS) is 37.5. The van der Waals surface area contributed by atoms with E-state index in [1.54, 1.807) is 0 Å². The molecule has 4 nitrogen and oxygen atoms in total. The topological polar surface area (TPSA) is 54.5 Å². The second-order valence-corrected chi connectivity index (χ2v) is 7.47. The van der Waals surface area contributed by atoms with E-state index in [0.717, 1.165) is 25.9 Å². The molecule has 0 radical (unpaired) electrons. The molecule has 20 heavy (non-hydrogen) atoms. The Morgan fingerprint density at radius 2 is 1.60 bits per heavy atom. The summed E-state index contributed by atoms with van der Waals surface area (Å²) in [4.78, 5) is 39.0. The van der Waals surface area contributed by atoms with Crippen LogP contribution in [0.4, 0.5) is 0 Å². The van der Waals surface area contributed by atoms with Crippen LogP contribution in [0.2, 0.25) is 0 Å². The van der Waals surface area contributed by atoms with E-state index in [-0.39, 0.29) is 34.7 Å². The molecule has 0 aromatic heterocycles. The molecule has 1 unspecified atom stereocenters. The lowest BCUT2D eigenvalue weighted by molar-refractivity contribution is -0.144. The summed E-state index contributed by atoms with van der Waals surface area (Å²) in [5.74, 6) is 0.00267. The molecule has 0 aromatic carbocycles. The summed E-state index contributed by atoms with van der Waals surface area (Å²) in [5, 5.41) is 0. The maximum Gasteiger partial charge on any atom is 0.153 e. The zero-order chi connectivity index (χ0) is 14.5. The van der Waals surface area contributed by atoms with E-state index in [1.165, 1.54) is 0 Å². The molecule has 0 amide bonds. The minimum atomic E-state index is -0.531. The van der Waals surface area contributed by atoms with Crippen LogP contribution in [0.15, 0.2) is 0 Å². The number of nitrogens with zero attached hydrogens (tertiary/aromatic N) is 1. The van der Waals surface area contributed by atoms with Crippen molar-refractivity contribution in [3.05, 3.63) is 0 Å². The summed E-state index contributed by atoms with van der Waals surface area (Å²) in [6.45, 7) is 5.83. The Hall–Kier alpha value is -1.03. The first-order valence-electron chi connectivity index (χ1n) is 7.70. The number of fused-ring (bicyclic) bond motifs is 3. The summed E-state index contributed by atoms with van der Waals surface area (Å²) in [5.41, 5.74) is -0.208. The molecular weight excluding hydrogens is 254 g/mol. The molecule has 3 aliphatic heterocycles. The van der Waals surface area contributed by atoms with Gasteiger partial charge in [0.05, 0.1) is 12.0 Å². The van der Waals surface area contributed by atoms with Gasteiger partial charge in [0.1, 0.15) is 11.6 Å². The van der Waals surface area contributed by atoms with Crippen molar-refractivity contribution in [3.63, 3.8) is 0 Å². The number of piperidine rings is 3. The average Bonchev–Trinajstić information content (AvgIpc) is 2.36. The van der Waals surface area contributed by atoms with Gasteiger partial charge in [-0.3, -0.25) is 19.3 Å². The van der Waals surface area contributed by atoms with E-state index in [2.05, 4.69) is 4.90 Å². The van der Waals surface area contributed by atoms with E-state index >= 15 is 0 Å². The predicted octanol–water partition coefficient (Wildman–Crippen LogP) is 1.61. The van der Waals surface area contributed by atoms with Crippen LogP contribution in [0.1, 0.15) is 46.0 Å². The third kappa shape index (κ3) is 2.34. The van der Waals surface area contributed by atoms with Gasteiger partial charge < -0.3 is 0 Å². The fourth-order valence-corrected chi connectivity index (χ4v) is 4.13. The van der Waals surface area contributed by atoms with Crippen molar-refractivity contribution >= 4 is 17.3 Å². The lowest BCUT2D eigenvalue weighted by atomic mass is 9.68. The third-order valence-corrected chi connectivity index (χ3v) is 5.24. The molecule has 1 saturated carbocycles. The Labute approximate surface area is 119 Å².